The summed E-state index contributed by atoms with van der Waals surface area (Å²) in [5, 5.41) is 0. The van der Waals surface area contributed by atoms with E-state index in [1.165, 1.54) is 0 Å². The first-order chi connectivity index (χ1) is 4.54. The first-order valence-corrected chi connectivity index (χ1v) is 3.80. The van der Waals surface area contributed by atoms with Gasteiger partial charge in [-0.15, -0.1) is 0 Å². The summed E-state index contributed by atoms with van der Waals surface area (Å²) >= 11 is 0. The second kappa shape index (κ2) is 4.31. The van der Waals surface area contributed by atoms with Crippen molar-refractivity contribution >= 4 is 5.84 Å². The number of nitrogens with two attached hydrogens (primary N) is 1. The summed E-state index contributed by atoms with van der Waals surface area (Å²) in [6.45, 7) is 9.28. The van der Waals surface area contributed by atoms with Crippen molar-refractivity contribution in [2.45, 2.75) is 27.7 Å². The lowest BCUT2D eigenvalue weighted by molar-refractivity contribution is 0.430. The summed E-state index contributed by atoms with van der Waals surface area (Å²) in [5.74, 6) is 2.02. The van der Waals surface area contributed by atoms with Crippen molar-refractivity contribution in [3.05, 3.63) is 0 Å². The summed E-state index contributed by atoms with van der Waals surface area (Å²) in [5.41, 5.74) is 5.39. The van der Waals surface area contributed by atoms with Crippen LogP contribution in [-0.2, 0) is 0 Å². The van der Waals surface area contributed by atoms with Crippen molar-refractivity contribution in [3.63, 3.8) is 0 Å². The Bertz CT molecular complexity index is 112. The van der Waals surface area contributed by atoms with Gasteiger partial charge in [-0.25, -0.2) is 0 Å². The molecule has 0 aliphatic heterocycles. The minimum atomic E-state index is 0.637. The van der Waals surface area contributed by atoms with Crippen LogP contribution < -0.4 is 5.73 Å². The monoisotopic (exact) mass is 142 g/mol. The number of nitrogens with zero attached hydrogens (tertiary/aromatic N) is 1. The lowest BCUT2D eigenvalue weighted by Crippen LogP contribution is -2.12. The van der Waals surface area contributed by atoms with Crippen LogP contribution in [0, 0.1) is 11.8 Å². The van der Waals surface area contributed by atoms with Crippen molar-refractivity contribution in [2.75, 3.05) is 6.54 Å². The molecule has 0 aromatic carbocycles. The third kappa shape index (κ3) is 4.36. The fourth-order valence-corrected chi connectivity index (χ4v) is 0.499. The van der Waals surface area contributed by atoms with Gasteiger partial charge in [0, 0.05) is 6.54 Å². The number of hydrogen-bond donors (Lipinski definition) is 1. The summed E-state index contributed by atoms with van der Waals surface area (Å²) in [7, 11) is 0. The van der Waals surface area contributed by atoms with Gasteiger partial charge in [0.25, 0.3) is 0 Å². The van der Waals surface area contributed by atoms with E-state index in [1.807, 2.05) is 6.92 Å². The lowest BCUT2D eigenvalue weighted by atomic mass is 9.99. The molecule has 0 spiro atoms. The minimum absolute atomic E-state index is 0.637. The maximum atomic E-state index is 5.39. The normalized spacial score (nSPS) is 15.9. The highest BCUT2D eigenvalue weighted by atomic mass is 14.8. The summed E-state index contributed by atoms with van der Waals surface area (Å²) in [6.07, 6.45) is 0. The molecular weight excluding hydrogens is 124 g/mol. The van der Waals surface area contributed by atoms with Crippen LogP contribution in [0.1, 0.15) is 27.7 Å². The first kappa shape index (κ1) is 9.47. The zero-order chi connectivity index (χ0) is 8.15. The molecule has 10 heavy (non-hydrogen) atoms. The highest BCUT2D eigenvalue weighted by Crippen LogP contribution is 2.08. The summed E-state index contributed by atoms with van der Waals surface area (Å²) in [4.78, 5) is 4.14. The molecule has 2 N–H and O–H groups in total. The smallest absolute Gasteiger partial charge is 0.0905 e. The van der Waals surface area contributed by atoms with Crippen LogP contribution >= 0.6 is 0 Å². The largest absolute Gasteiger partial charge is 0.388 e. The molecule has 0 aromatic rings. The van der Waals surface area contributed by atoms with Crippen LogP contribution in [-0.4, -0.2) is 12.4 Å². The zero-order valence-electron chi connectivity index (χ0n) is 7.39. The Balaban J connectivity index is 3.59. The molecule has 0 unspecified atom stereocenters. The van der Waals surface area contributed by atoms with Crippen LogP contribution in [0.4, 0.5) is 0 Å². The predicted molar refractivity (Wildman–Crippen MR) is 46.2 cm³/mol. The number of amidine groups is 1. The third-order valence-corrected chi connectivity index (χ3v) is 1.77. The van der Waals surface area contributed by atoms with Gasteiger partial charge in [0.15, 0.2) is 0 Å². The van der Waals surface area contributed by atoms with Crippen molar-refractivity contribution in [1.82, 2.24) is 0 Å². The lowest BCUT2D eigenvalue weighted by Gasteiger charge is -2.11. The molecule has 0 rings (SSSR count). The molecule has 0 saturated carbocycles. The van der Waals surface area contributed by atoms with Crippen LogP contribution in [0.2, 0.25) is 0 Å². The van der Waals surface area contributed by atoms with Crippen molar-refractivity contribution in [1.29, 1.82) is 0 Å². The van der Waals surface area contributed by atoms with E-state index in [1.54, 1.807) is 0 Å². The van der Waals surface area contributed by atoms with Crippen LogP contribution in [0.5, 0.6) is 0 Å². The van der Waals surface area contributed by atoms with E-state index in [0.29, 0.717) is 17.7 Å². The minimum Gasteiger partial charge on any atom is -0.388 e. The molecular formula is C8H18N2. The molecule has 0 aromatic heterocycles. The molecule has 2 heteroatoms. The van der Waals surface area contributed by atoms with Crippen LogP contribution in [0.3, 0.4) is 0 Å². The second-order valence-corrected chi connectivity index (χ2v) is 3.20. The molecule has 0 radical (unpaired) electrons. The Kier molecular flexibility index (Phi) is 4.08. The van der Waals surface area contributed by atoms with Crippen molar-refractivity contribution < 1.29 is 0 Å². The average Bonchev–Trinajstić information content (AvgIpc) is 1.82. The first-order valence-electron chi connectivity index (χ1n) is 3.80. The Morgan fingerprint density at radius 1 is 1.40 bits per heavy atom. The van der Waals surface area contributed by atoms with Crippen LogP contribution in [0.25, 0.3) is 0 Å². The maximum absolute atomic E-state index is 5.39. The predicted octanol–water partition coefficient (Wildman–Crippen LogP) is 1.66. The molecule has 0 aliphatic rings. The molecule has 0 fully saturated rings. The molecule has 0 heterocycles. The van der Waals surface area contributed by atoms with Gasteiger partial charge >= 0.3 is 0 Å². The van der Waals surface area contributed by atoms with Gasteiger partial charge in [-0.05, 0) is 18.8 Å². The van der Waals surface area contributed by atoms with E-state index < -0.39 is 0 Å². The maximum Gasteiger partial charge on any atom is 0.0905 e. The number of hydrogen-bond acceptors (Lipinski definition) is 1. The molecule has 2 nitrogen and oxygen atoms in total. The van der Waals surface area contributed by atoms with Gasteiger partial charge in [-0.2, -0.15) is 0 Å². The van der Waals surface area contributed by atoms with E-state index in [2.05, 4.69) is 25.8 Å². The Hall–Kier alpha value is -0.530. The van der Waals surface area contributed by atoms with Crippen LogP contribution in [0.15, 0.2) is 4.99 Å². The van der Waals surface area contributed by atoms with Crippen molar-refractivity contribution in [3.8, 4) is 0 Å². The fourth-order valence-electron chi connectivity index (χ4n) is 0.499. The Labute approximate surface area is 63.5 Å². The van der Waals surface area contributed by atoms with E-state index in [-0.39, 0.29) is 0 Å². The summed E-state index contributed by atoms with van der Waals surface area (Å²) in [6, 6.07) is 0. The van der Waals surface area contributed by atoms with E-state index in [4.69, 9.17) is 5.73 Å². The molecule has 1 atom stereocenters. The third-order valence-electron chi connectivity index (χ3n) is 1.77. The molecule has 0 bridgehead atoms. The Morgan fingerprint density at radius 2 is 1.90 bits per heavy atom. The fraction of sp³-hybridized carbons (Fsp3) is 0.875. The molecule has 0 saturated heterocycles. The number of rotatable bonds is 3. The van der Waals surface area contributed by atoms with Gasteiger partial charge < -0.3 is 5.73 Å². The van der Waals surface area contributed by atoms with Gasteiger partial charge in [0.05, 0.1) is 5.84 Å². The highest BCUT2D eigenvalue weighted by molar-refractivity contribution is 5.77. The molecule has 60 valence electrons. The standard InChI is InChI=1S/C8H18N2/c1-6(2)7(3)5-10-8(4)9/h6-7H,5H2,1-4H3,(H2,9,10)/t7-/m0/s1. The Morgan fingerprint density at radius 3 is 2.20 bits per heavy atom. The van der Waals surface area contributed by atoms with E-state index >= 15 is 0 Å². The average molecular weight is 142 g/mol. The quantitative estimate of drug-likeness (QED) is 0.472. The van der Waals surface area contributed by atoms with E-state index in [9.17, 15) is 0 Å². The molecule has 0 amide bonds. The topological polar surface area (TPSA) is 38.4 Å². The van der Waals surface area contributed by atoms with E-state index in [0.717, 1.165) is 6.54 Å². The SMILES string of the molecule is CC(N)=NC[C@H](C)C(C)C. The van der Waals surface area contributed by atoms with Crippen molar-refractivity contribution in [2.24, 2.45) is 22.6 Å². The molecule has 0 aliphatic carbocycles. The van der Waals surface area contributed by atoms with Gasteiger partial charge in [0.2, 0.25) is 0 Å². The van der Waals surface area contributed by atoms with Gasteiger partial charge in [-0.3, -0.25) is 4.99 Å². The van der Waals surface area contributed by atoms with Gasteiger partial charge in [-0.1, -0.05) is 20.8 Å². The number of aliphatic imine (C=N–C) groups is 1. The zero-order valence-corrected chi connectivity index (χ0v) is 7.39. The second-order valence-electron chi connectivity index (χ2n) is 3.20. The highest BCUT2D eigenvalue weighted by Gasteiger charge is 2.04. The van der Waals surface area contributed by atoms with Gasteiger partial charge in [0.1, 0.15) is 0 Å². The summed E-state index contributed by atoms with van der Waals surface area (Å²) < 4.78 is 0.